The van der Waals surface area contributed by atoms with E-state index in [4.69, 9.17) is 60.8 Å². The smallest absolute Gasteiger partial charge is 0.326 e. The number of hydrogen-bond donors (Lipinski definition) is 8. The standard InChI is InChI=1S/C18H21N5O2.C18H19N5O2.C18H20N4O4.C18H18N4O4/c2*19-17-16-14-10-12(21-17)6-3-1-2-4-9-25-15-7-5-8-20-13(15)11-23(14)18(24)22-16;2*1-24-13-5-4-11-8-14(13)25-6-2-3-7-26-15-9-12-16(17(19)20-15)21-18(23)22(12)10-11/h5,7-8,10H,1-4,6,9,11H2,(H2,19,21)(H,22,24);2,4-5,7-8,10H,1,3,6,9,11H2,(H2,19,21)(H,22,24);4-5,8-9H,2-3,6-7,10H2,1H3,(H2,19,20)(H,21,23);2-5,8-9H,6-7,10H2,1H3,(H2,19,20)(H,21,23)/b;4-2+;;3-2+. The number of H-pyrrole nitrogens is 4. The van der Waals surface area contributed by atoms with E-state index < -0.39 is 0 Å². The molecule has 14 heterocycles. The molecular formula is C72H78N18O12. The number of pyridine rings is 6. The molecule has 4 aliphatic rings. The molecule has 30 nitrogen and oxygen atoms in total. The van der Waals surface area contributed by atoms with Crippen LogP contribution >= 0.6 is 0 Å². The highest BCUT2D eigenvalue weighted by Gasteiger charge is 2.21. The number of rotatable bonds is 2. The molecule has 16 rings (SSSR count). The molecular weight excluding hydrogens is 1310 g/mol. The van der Waals surface area contributed by atoms with Crippen molar-refractivity contribution in [1.82, 2.24) is 68.1 Å². The first-order valence-electron chi connectivity index (χ1n) is 33.6. The van der Waals surface area contributed by atoms with Gasteiger partial charge >= 0.3 is 22.8 Å². The van der Waals surface area contributed by atoms with Gasteiger partial charge in [0.25, 0.3) is 0 Å². The summed E-state index contributed by atoms with van der Waals surface area (Å²) in [6, 6.07) is 26.0. The quantitative estimate of drug-likeness (QED) is 0.0763. The number of anilines is 4. The molecule has 0 radical (unpaired) electrons. The maximum Gasteiger partial charge on any atom is 0.326 e. The number of nitrogen functional groups attached to an aromatic ring is 4. The third-order valence-electron chi connectivity index (χ3n) is 17.5. The number of allylic oxidation sites excluding steroid dienone is 1. The summed E-state index contributed by atoms with van der Waals surface area (Å²) < 4.78 is 51.8. The van der Waals surface area contributed by atoms with Crippen molar-refractivity contribution in [3.8, 4) is 46.3 Å². The zero-order chi connectivity index (χ0) is 70.6. The fraction of sp³-hybridized carbons (Fsp3) is 0.306. The number of nitrogens with one attached hydrogen (secondary N) is 4. The summed E-state index contributed by atoms with van der Waals surface area (Å²) in [4.78, 5) is 87.0. The van der Waals surface area contributed by atoms with Crippen molar-refractivity contribution in [2.45, 2.75) is 90.4 Å². The molecule has 0 fully saturated rings. The van der Waals surface area contributed by atoms with Crippen LogP contribution in [0.4, 0.5) is 23.3 Å². The summed E-state index contributed by atoms with van der Waals surface area (Å²) in [7, 11) is 3.20. The van der Waals surface area contributed by atoms with Crippen LogP contribution in [0.3, 0.4) is 0 Å². The summed E-state index contributed by atoms with van der Waals surface area (Å²) in [6.07, 6.45) is 20.7. The second kappa shape index (κ2) is 31.1. The van der Waals surface area contributed by atoms with Crippen molar-refractivity contribution >= 4 is 67.4 Å². The monoisotopic (exact) mass is 1390 g/mol. The number of ether oxygens (including phenoxy) is 8. The summed E-state index contributed by atoms with van der Waals surface area (Å²) in [6.45, 7) is 4.21. The van der Waals surface area contributed by atoms with Gasteiger partial charge in [-0.15, -0.1) is 0 Å². The van der Waals surface area contributed by atoms with E-state index in [1.165, 1.54) is 0 Å². The number of imidazole rings is 4. The van der Waals surface area contributed by atoms with E-state index in [1.807, 2.05) is 91.0 Å². The number of nitrogens with two attached hydrogens (primary N) is 4. The Kier molecular flexibility index (Phi) is 20.8. The normalized spacial score (nSPS) is 15.3. The molecule has 0 spiro atoms. The van der Waals surface area contributed by atoms with Gasteiger partial charge in [-0.3, -0.25) is 28.2 Å². The van der Waals surface area contributed by atoms with E-state index >= 15 is 0 Å². The number of nitrogens with zero attached hydrogens (tertiary/aromatic N) is 10. The van der Waals surface area contributed by atoms with Crippen LogP contribution < -0.4 is 83.6 Å². The highest BCUT2D eigenvalue weighted by Crippen LogP contribution is 2.33. The van der Waals surface area contributed by atoms with Crippen LogP contribution in [0.15, 0.2) is 141 Å². The molecule has 30 heteroatoms. The molecule has 0 saturated carbocycles. The molecule has 528 valence electrons. The zero-order valence-corrected chi connectivity index (χ0v) is 56.4. The lowest BCUT2D eigenvalue weighted by Crippen LogP contribution is -2.18. The Morgan fingerprint density at radius 3 is 1.33 bits per heavy atom. The van der Waals surface area contributed by atoms with Crippen molar-refractivity contribution in [1.29, 1.82) is 0 Å². The van der Waals surface area contributed by atoms with Gasteiger partial charge in [-0.2, -0.15) is 9.97 Å². The molecule has 12 bridgehead atoms. The number of aromatic amines is 4. The first kappa shape index (κ1) is 68.0. The minimum Gasteiger partial charge on any atom is -0.493 e. The molecule has 12 N–H and O–H groups in total. The van der Waals surface area contributed by atoms with Gasteiger partial charge in [0.1, 0.15) is 76.4 Å². The molecule has 0 aliphatic carbocycles. The van der Waals surface area contributed by atoms with E-state index in [1.54, 1.807) is 57.0 Å². The van der Waals surface area contributed by atoms with Gasteiger partial charge in [0.15, 0.2) is 34.6 Å². The van der Waals surface area contributed by atoms with Gasteiger partial charge in [-0.25, -0.2) is 29.1 Å². The van der Waals surface area contributed by atoms with Crippen LogP contribution in [-0.2, 0) is 39.0 Å². The van der Waals surface area contributed by atoms with E-state index in [9.17, 15) is 19.2 Å². The first-order valence-corrected chi connectivity index (χ1v) is 33.6. The Balaban J connectivity index is 0.000000121. The molecule has 102 heavy (non-hydrogen) atoms. The van der Waals surface area contributed by atoms with Crippen molar-refractivity contribution in [3.05, 3.63) is 197 Å². The molecule has 0 saturated heterocycles. The molecule has 2 aromatic carbocycles. The molecule has 0 unspecified atom stereocenters. The average Bonchev–Trinajstić information content (AvgIpc) is 1.65. The summed E-state index contributed by atoms with van der Waals surface area (Å²) in [5.41, 5.74) is 33.2. The van der Waals surface area contributed by atoms with Crippen LogP contribution in [0.2, 0.25) is 0 Å². The van der Waals surface area contributed by atoms with Crippen LogP contribution in [0.25, 0.3) is 44.1 Å². The van der Waals surface area contributed by atoms with E-state index in [0.29, 0.717) is 157 Å². The second-order valence-electron chi connectivity index (χ2n) is 24.4. The van der Waals surface area contributed by atoms with E-state index in [-0.39, 0.29) is 34.4 Å². The number of benzene rings is 2. The van der Waals surface area contributed by atoms with Crippen molar-refractivity contribution < 1.29 is 37.9 Å². The number of aromatic nitrogens is 14. The Morgan fingerprint density at radius 2 is 0.804 bits per heavy atom. The Morgan fingerprint density at radius 1 is 0.402 bits per heavy atom. The summed E-state index contributed by atoms with van der Waals surface area (Å²) >= 11 is 0. The van der Waals surface area contributed by atoms with Gasteiger partial charge in [0.05, 0.1) is 82.3 Å². The average molecular weight is 1390 g/mol. The highest BCUT2D eigenvalue weighted by molar-refractivity contribution is 5.88. The minimum absolute atomic E-state index is 0.218. The third-order valence-corrected chi connectivity index (χ3v) is 17.5. The second-order valence-corrected chi connectivity index (χ2v) is 24.4. The van der Waals surface area contributed by atoms with Gasteiger partial charge in [0.2, 0.25) is 11.8 Å². The van der Waals surface area contributed by atoms with Crippen molar-refractivity contribution in [2.24, 2.45) is 0 Å². The lowest BCUT2D eigenvalue weighted by Gasteiger charge is -2.14. The van der Waals surface area contributed by atoms with Gasteiger partial charge < -0.3 is 80.8 Å². The van der Waals surface area contributed by atoms with Crippen LogP contribution in [0.1, 0.15) is 85.3 Å². The topological polar surface area (TPSA) is 406 Å². The van der Waals surface area contributed by atoms with Crippen LogP contribution in [0, 0.1) is 0 Å². The number of methoxy groups -OCH3 is 2. The van der Waals surface area contributed by atoms with E-state index in [2.05, 4.69) is 55.9 Å². The fourth-order valence-electron chi connectivity index (χ4n) is 12.3. The summed E-state index contributed by atoms with van der Waals surface area (Å²) in [5, 5.41) is 0. The lowest BCUT2D eigenvalue weighted by atomic mass is 10.1. The lowest BCUT2D eigenvalue weighted by molar-refractivity contribution is 0.254. The molecule has 0 atom stereocenters. The van der Waals surface area contributed by atoms with E-state index in [0.717, 1.165) is 109 Å². The van der Waals surface area contributed by atoms with Gasteiger partial charge in [0, 0.05) is 35.9 Å². The predicted octanol–water partition coefficient (Wildman–Crippen LogP) is 7.87. The zero-order valence-electron chi connectivity index (χ0n) is 56.4. The molecule has 10 aromatic heterocycles. The Hall–Kier alpha value is -12.5. The number of hydrogen-bond acceptors (Lipinski definition) is 22. The Labute approximate surface area is 581 Å². The largest absolute Gasteiger partial charge is 0.493 e. The Bertz CT molecular complexity index is 5310. The number of fused-ring (bicyclic) bond motifs is 10. The van der Waals surface area contributed by atoms with Crippen molar-refractivity contribution in [3.63, 3.8) is 0 Å². The first-order chi connectivity index (χ1) is 49.7. The predicted molar refractivity (Wildman–Crippen MR) is 386 cm³/mol. The summed E-state index contributed by atoms with van der Waals surface area (Å²) in [5.74, 6) is 5.94. The SMILES string of the molecule is COc1ccc2cc1OC/C=C/COc1cc3c([nH]c(=O)n3C2)c(N)n1.COc1ccc2cc1OCCCCOc1cc3c([nH]c(=O)n3C2)c(N)n1.Nc1nc2cc3c1[nH]c(=O)n3Cc1ncccc1OC/C=C/CCC2.Nc1nc2cc3c1[nH]c(=O)n3Cc1ncccc1OCCCCCC2. The third kappa shape index (κ3) is 15.5. The fourth-order valence-corrected chi connectivity index (χ4v) is 12.3. The van der Waals surface area contributed by atoms with Crippen LogP contribution in [0.5, 0.6) is 46.3 Å². The molecule has 12 aromatic rings. The number of aryl methyl sites for hydroxylation is 2. The van der Waals surface area contributed by atoms with Crippen LogP contribution in [-0.4, -0.2) is 122 Å². The molecule has 0 amide bonds. The molecule has 4 aliphatic heterocycles. The highest BCUT2D eigenvalue weighted by atomic mass is 16.5. The van der Waals surface area contributed by atoms with Gasteiger partial charge in [-0.1, -0.05) is 37.1 Å². The van der Waals surface area contributed by atoms with Gasteiger partial charge in [-0.05, 0) is 135 Å². The maximum absolute atomic E-state index is 12.5. The maximum atomic E-state index is 12.5. The minimum atomic E-state index is -0.268. The van der Waals surface area contributed by atoms with Crippen molar-refractivity contribution in [2.75, 3.05) is 76.8 Å².